The molecule has 184 valence electrons. The number of fused-ring (bicyclic) bond motifs is 3. The molecule has 0 atom stereocenters. The lowest BCUT2D eigenvalue weighted by molar-refractivity contribution is -0.122. The summed E-state index contributed by atoms with van der Waals surface area (Å²) >= 11 is 6.21. The lowest BCUT2D eigenvalue weighted by Crippen LogP contribution is -2.55. The van der Waals surface area contributed by atoms with E-state index in [9.17, 15) is 14.7 Å². The molecule has 2 N–H and O–H groups in total. The first-order valence-electron chi connectivity index (χ1n) is 12.2. The fraction of sp³-hybridized carbons (Fsp3) is 0.500. The van der Waals surface area contributed by atoms with Gasteiger partial charge in [0, 0.05) is 28.9 Å². The Hall–Kier alpha value is -2.68. The Morgan fingerprint density at radius 3 is 2.74 bits per heavy atom. The number of rotatable bonds is 5. The number of aromatic nitrogens is 1. The molecule has 4 aliphatic rings. The highest BCUT2D eigenvalue weighted by molar-refractivity contribution is 6.31. The zero-order chi connectivity index (χ0) is 24.4. The third kappa shape index (κ3) is 3.88. The Balaban J connectivity index is 1.04. The monoisotopic (exact) mass is 496 g/mol. The number of halogens is 1. The summed E-state index contributed by atoms with van der Waals surface area (Å²) in [6.07, 6.45) is 4.65. The maximum atomic E-state index is 12.8. The van der Waals surface area contributed by atoms with Crippen LogP contribution < -0.4 is 15.0 Å². The number of amides is 2. The van der Waals surface area contributed by atoms with Gasteiger partial charge in [0.2, 0.25) is 11.8 Å². The van der Waals surface area contributed by atoms with Crippen LogP contribution in [0.25, 0.3) is 0 Å². The molecule has 35 heavy (non-hydrogen) atoms. The topological polar surface area (TPSA) is 95.0 Å². The maximum absolute atomic E-state index is 12.8. The molecule has 9 heteroatoms. The highest BCUT2D eigenvalue weighted by Gasteiger charge is 2.49. The van der Waals surface area contributed by atoms with Crippen molar-refractivity contribution >= 4 is 34.9 Å². The Bertz CT molecular complexity index is 1200. The number of pyridine rings is 1. The molecule has 0 bridgehead atoms. The zero-order valence-corrected chi connectivity index (χ0v) is 20.5. The van der Waals surface area contributed by atoms with Crippen LogP contribution in [0, 0.1) is 0 Å². The van der Waals surface area contributed by atoms with Crippen LogP contribution in [0.4, 0.5) is 11.5 Å². The van der Waals surface area contributed by atoms with Crippen molar-refractivity contribution in [3.8, 4) is 5.75 Å². The highest BCUT2D eigenvalue weighted by atomic mass is 35.5. The van der Waals surface area contributed by atoms with E-state index in [1.165, 1.54) is 0 Å². The van der Waals surface area contributed by atoms with Gasteiger partial charge >= 0.3 is 0 Å². The molecule has 0 unspecified atom stereocenters. The third-order valence-corrected chi connectivity index (χ3v) is 8.27. The van der Waals surface area contributed by atoms with Gasteiger partial charge in [0.1, 0.15) is 18.2 Å². The first kappa shape index (κ1) is 22.8. The number of carbonyl (C=O) groups is 2. The van der Waals surface area contributed by atoms with Crippen molar-refractivity contribution < 1.29 is 19.4 Å². The Labute approximate surface area is 209 Å². The average Bonchev–Trinajstić information content (AvgIpc) is 3.26. The molecule has 1 aromatic carbocycles. The van der Waals surface area contributed by atoms with Gasteiger partial charge in [-0.05, 0) is 75.5 Å². The number of hydrogen-bond acceptors (Lipinski definition) is 6. The van der Waals surface area contributed by atoms with Crippen molar-refractivity contribution in [3.05, 3.63) is 46.6 Å². The van der Waals surface area contributed by atoms with Crippen molar-refractivity contribution in [2.24, 2.45) is 0 Å². The second kappa shape index (κ2) is 8.18. The molecule has 1 aliphatic carbocycles. The van der Waals surface area contributed by atoms with E-state index in [1.54, 1.807) is 18.0 Å². The summed E-state index contributed by atoms with van der Waals surface area (Å²) in [5, 5.41) is 13.7. The molecule has 2 aromatic rings. The van der Waals surface area contributed by atoms with E-state index < -0.39 is 11.0 Å². The van der Waals surface area contributed by atoms with Crippen molar-refractivity contribution in [2.45, 2.75) is 56.1 Å². The van der Waals surface area contributed by atoms with E-state index in [1.807, 2.05) is 24.3 Å². The number of nitrogens with zero attached hydrogens (tertiary/aromatic N) is 3. The summed E-state index contributed by atoms with van der Waals surface area (Å²) in [6, 6.07) is 7.55. The first-order valence-corrected chi connectivity index (χ1v) is 12.6. The highest BCUT2D eigenvalue weighted by Crippen LogP contribution is 2.46. The quantitative estimate of drug-likeness (QED) is 0.661. The van der Waals surface area contributed by atoms with Crippen LogP contribution in [0.5, 0.6) is 5.75 Å². The van der Waals surface area contributed by atoms with Gasteiger partial charge in [-0.3, -0.25) is 19.4 Å². The smallest absolute Gasteiger partial charge is 0.235 e. The molecular formula is C26H29ClN4O4. The first-order chi connectivity index (χ1) is 16.7. The minimum absolute atomic E-state index is 0.0188. The van der Waals surface area contributed by atoms with Crippen LogP contribution in [0.3, 0.4) is 0 Å². The predicted octanol–water partition coefficient (Wildman–Crippen LogP) is 2.90. The van der Waals surface area contributed by atoms with Crippen molar-refractivity contribution in [1.82, 2.24) is 9.88 Å². The zero-order valence-electron chi connectivity index (χ0n) is 19.7. The molecule has 2 fully saturated rings. The number of likely N-dealkylation sites (tertiary alicyclic amines) is 1. The molecule has 6 rings (SSSR count). The molecular weight excluding hydrogens is 468 g/mol. The second-order valence-corrected chi connectivity index (χ2v) is 11.0. The fourth-order valence-electron chi connectivity index (χ4n) is 6.12. The van der Waals surface area contributed by atoms with Crippen LogP contribution in [-0.4, -0.2) is 64.7 Å². The lowest BCUT2D eigenvalue weighted by atomic mass is 9.73. The van der Waals surface area contributed by atoms with E-state index in [0.717, 1.165) is 49.3 Å². The Morgan fingerprint density at radius 1 is 1.23 bits per heavy atom. The van der Waals surface area contributed by atoms with Gasteiger partial charge in [0.25, 0.3) is 0 Å². The average molecular weight is 497 g/mol. The molecule has 3 aliphatic heterocycles. The number of benzene rings is 1. The standard InChI is InChI=1S/C26H29ClN4O4/c1-25(34)13-18(14-25)31-22(32)11-16-10-19(15-28-23(16)31)35-9-8-30-6-4-26(5-7-30)20-12-17(27)2-3-21(20)29-24(26)33/h2-3,10,12,15,18,34H,4-9,11,13-14H2,1H3,(H,29,33)/t18-,25-. The van der Waals surface area contributed by atoms with Gasteiger partial charge < -0.3 is 15.2 Å². The van der Waals surface area contributed by atoms with Gasteiger partial charge in [-0.2, -0.15) is 0 Å². The van der Waals surface area contributed by atoms with E-state index in [-0.39, 0.29) is 17.9 Å². The molecule has 1 aromatic heterocycles. The number of carbonyl (C=O) groups excluding carboxylic acids is 2. The lowest BCUT2D eigenvalue weighted by Gasteiger charge is -2.45. The van der Waals surface area contributed by atoms with Gasteiger partial charge in [-0.15, -0.1) is 0 Å². The summed E-state index contributed by atoms with van der Waals surface area (Å²) in [7, 11) is 0. The van der Waals surface area contributed by atoms with Crippen molar-refractivity contribution in [1.29, 1.82) is 0 Å². The van der Waals surface area contributed by atoms with Crippen LogP contribution in [-0.2, 0) is 21.4 Å². The summed E-state index contributed by atoms with van der Waals surface area (Å²) in [5.74, 6) is 1.46. The number of hydrogen-bond donors (Lipinski definition) is 2. The predicted molar refractivity (Wildman–Crippen MR) is 132 cm³/mol. The number of piperidine rings is 1. The van der Waals surface area contributed by atoms with Crippen molar-refractivity contribution in [3.63, 3.8) is 0 Å². The summed E-state index contributed by atoms with van der Waals surface area (Å²) < 4.78 is 5.98. The molecule has 1 spiro atoms. The van der Waals surface area contributed by atoms with Crippen LogP contribution in [0.1, 0.15) is 43.7 Å². The van der Waals surface area contributed by atoms with E-state index in [4.69, 9.17) is 16.3 Å². The van der Waals surface area contributed by atoms with E-state index in [0.29, 0.717) is 42.5 Å². The van der Waals surface area contributed by atoms with Crippen LogP contribution >= 0.6 is 11.6 Å². The van der Waals surface area contributed by atoms with Crippen LogP contribution in [0.15, 0.2) is 30.5 Å². The fourth-order valence-corrected chi connectivity index (χ4v) is 6.29. The largest absolute Gasteiger partial charge is 0.491 e. The summed E-state index contributed by atoms with van der Waals surface area (Å²) in [5.41, 5.74) is 1.59. The normalized spacial score (nSPS) is 26.9. The molecule has 1 saturated heterocycles. The van der Waals surface area contributed by atoms with Gasteiger partial charge in [0.15, 0.2) is 0 Å². The number of anilines is 2. The summed E-state index contributed by atoms with van der Waals surface area (Å²) in [4.78, 5) is 33.9. The number of aliphatic hydroxyl groups is 1. The molecule has 0 radical (unpaired) electrons. The maximum Gasteiger partial charge on any atom is 0.235 e. The minimum atomic E-state index is -0.692. The molecule has 4 heterocycles. The summed E-state index contributed by atoms with van der Waals surface area (Å²) in [6.45, 7) is 4.67. The Kier molecular flexibility index (Phi) is 5.32. The molecule has 8 nitrogen and oxygen atoms in total. The third-order valence-electron chi connectivity index (χ3n) is 8.04. The number of nitrogens with one attached hydrogen (secondary N) is 1. The van der Waals surface area contributed by atoms with Crippen LogP contribution in [0.2, 0.25) is 5.02 Å². The number of ether oxygens (including phenoxy) is 1. The van der Waals surface area contributed by atoms with Gasteiger partial charge in [-0.1, -0.05) is 11.6 Å². The van der Waals surface area contributed by atoms with E-state index >= 15 is 0 Å². The molecule has 1 saturated carbocycles. The second-order valence-electron chi connectivity index (χ2n) is 10.6. The SMILES string of the molecule is C[C@]1(O)C[C@H](N2C(=O)Cc3cc(OCCN4CCC5(CC4)C(=O)Nc4ccc(Cl)cc45)cnc32)C1. The minimum Gasteiger partial charge on any atom is -0.491 e. The van der Waals surface area contributed by atoms with Gasteiger partial charge in [0.05, 0.1) is 23.6 Å². The van der Waals surface area contributed by atoms with Crippen molar-refractivity contribution in [2.75, 3.05) is 36.5 Å². The molecule has 2 amide bonds. The van der Waals surface area contributed by atoms with E-state index in [2.05, 4.69) is 15.2 Å². The Morgan fingerprint density at radius 2 is 2.00 bits per heavy atom. The van der Waals surface area contributed by atoms with Gasteiger partial charge in [-0.25, -0.2) is 4.98 Å².